The fraction of sp³-hybridized carbons (Fsp3) is 0.409. The van der Waals surface area contributed by atoms with Crippen LogP contribution in [0.15, 0.2) is 42.5 Å². The zero-order chi connectivity index (χ0) is 21.3. The van der Waals surface area contributed by atoms with Crippen molar-refractivity contribution in [3.05, 3.63) is 69.2 Å². The van der Waals surface area contributed by atoms with Crippen LogP contribution in [0.25, 0.3) is 0 Å². The lowest BCUT2D eigenvalue weighted by Crippen LogP contribution is -2.48. The van der Waals surface area contributed by atoms with Crippen molar-refractivity contribution in [3.63, 3.8) is 0 Å². The summed E-state index contributed by atoms with van der Waals surface area (Å²) in [7, 11) is -3.55. The molecular formula is C22H24Cl2N2O3S. The van der Waals surface area contributed by atoms with Gasteiger partial charge in [0.2, 0.25) is 15.9 Å². The average Bonchev–Trinajstić information content (AvgIpc) is 2.75. The van der Waals surface area contributed by atoms with Gasteiger partial charge in [0.05, 0.1) is 21.7 Å². The van der Waals surface area contributed by atoms with Crippen LogP contribution < -0.4 is 0 Å². The normalized spacial score (nSPS) is 20.1. The summed E-state index contributed by atoms with van der Waals surface area (Å²) in [4.78, 5) is 15.0. The molecule has 0 N–H and O–H groups in total. The number of amides is 1. The number of carbonyl (C=O) groups excluding carboxylic acids is 1. The summed E-state index contributed by atoms with van der Waals surface area (Å²) in [6.07, 6.45) is 2.24. The molecule has 5 nitrogen and oxygen atoms in total. The quantitative estimate of drug-likeness (QED) is 0.680. The summed E-state index contributed by atoms with van der Waals surface area (Å²) < 4.78 is 27.4. The Balaban J connectivity index is 1.43. The first-order valence-corrected chi connectivity index (χ1v) is 12.5. The van der Waals surface area contributed by atoms with Crippen molar-refractivity contribution in [1.82, 2.24) is 9.21 Å². The van der Waals surface area contributed by atoms with Crippen molar-refractivity contribution in [2.45, 2.75) is 31.6 Å². The number of fused-ring (bicyclic) bond motifs is 1. The highest BCUT2D eigenvalue weighted by Crippen LogP contribution is 2.28. The molecule has 2 aliphatic rings. The number of hydrogen-bond donors (Lipinski definition) is 0. The number of piperidine rings is 1. The van der Waals surface area contributed by atoms with E-state index in [1.54, 1.807) is 18.2 Å². The predicted molar refractivity (Wildman–Crippen MR) is 119 cm³/mol. The Hall–Kier alpha value is -1.60. The molecule has 0 aromatic heterocycles. The van der Waals surface area contributed by atoms with Gasteiger partial charge in [0, 0.05) is 26.2 Å². The second kappa shape index (κ2) is 8.87. The Morgan fingerprint density at radius 1 is 1.03 bits per heavy atom. The van der Waals surface area contributed by atoms with Crippen LogP contribution in [0.3, 0.4) is 0 Å². The van der Waals surface area contributed by atoms with Crippen molar-refractivity contribution in [1.29, 1.82) is 0 Å². The smallest absolute Gasteiger partial charge is 0.227 e. The molecule has 0 radical (unpaired) electrons. The fourth-order valence-corrected chi connectivity index (χ4v) is 6.19. The largest absolute Gasteiger partial charge is 0.338 e. The molecule has 1 atom stereocenters. The van der Waals surface area contributed by atoms with Crippen molar-refractivity contribution in [2.24, 2.45) is 5.92 Å². The summed E-state index contributed by atoms with van der Waals surface area (Å²) in [6, 6.07) is 13.0. The maximum absolute atomic E-state index is 13.1. The summed E-state index contributed by atoms with van der Waals surface area (Å²) in [5, 5.41) is 0.728. The number of nitrogens with zero attached hydrogens (tertiary/aromatic N) is 2. The minimum atomic E-state index is -3.55. The molecule has 2 aromatic rings. The van der Waals surface area contributed by atoms with Crippen LogP contribution in [0.4, 0.5) is 0 Å². The Morgan fingerprint density at radius 2 is 1.80 bits per heavy atom. The molecule has 1 fully saturated rings. The van der Waals surface area contributed by atoms with Gasteiger partial charge >= 0.3 is 0 Å². The predicted octanol–water partition coefficient (Wildman–Crippen LogP) is 4.12. The van der Waals surface area contributed by atoms with Crippen LogP contribution >= 0.6 is 23.2 Å². The molecule has 4 rings (SSSR count). The minimum Gasteiger partial charge on any atom is -0.338 e. The number of carbonyl (C=O) groups is 1. The standard InChI is InChI=1S/C22H24Cl2N2O3S/c23-20-8-7-16(12-21(20)24)15-30(28,29)26-10-3-6-19(14-26)22(27)25-11-9-17-4-1-2-5-18(17)13-25/h1-2,4-5,7-8,12,19H,3,6,9-11,13-15H2/t19-/m0/s1. The number of rotatable bonds is 4. The Morgan fingerprint density at radius 3 is 2.57 bits per heavy atom. The zero-order valence-corrected chi connectivity index (χ0v) is 18.9. The van der Waals surface area contributed by atoms with E-state index in [1.165, 1.54) is 15.4 Å². The molecule has 0 bridgehead atoms. The third-order valence-electron chi connectivity index (χ3n) is 5.90. The second-order valence-electron chi connectivity index (χ2n) is 7.98. The van der Waals surface area contributed by atoms with E-state index in [0.29, 0.717) is 41.7 Å². The van der Waals surface area contributed by atoms with E-state index in [1.807, 2.05) is 17.0 Å². The van der Waals surface area contributed by atoms with E-state index in [2.05, 4.69) is 12.1 Å². The lowest BCUT2D eigenvalue weighted by atomic mass is 9.95. The molecule has 2 aromatic carbocycles. The second-order valence-corrected chi connectivity index (χ2v) is 10.8. The van der Waals surface area contributed by atoms with Crippen LogP contribution in [0.2, 0.25) is 10.0 Å². The lowest BCUT2D eigenvalue weighted by molar-refractivity contribution is -0.137. The van der Waals surface area contributed by atoms with Gasteiger partial charge in [-0.25, -0.2) is 12.7 Å². The summed E-state index contributed by atoms with van der Waals surface area (Å²) >= 11 is 12.0. The van der Waals surface area contributed by atoms with Gasteiger partial charge in [0.1, 0.15) is 0 Å². The van der Waals surface area contributed by atoms with E-state index in [4.69, 9.17) is 23.2 Å². The van der Waals surface area contributed by atoms with Crippen molar-refractivity contribution in [2.75, 3.05) is 19.6 Å². The Labute approximate surface area is 187 Å². The first-order valence-electron chi connectivity index (χ1n) is 10.1. The van der Waals surface area contributed by atoms with E-state index in [9.17, 15) is 13.2 Å². The van der Waals surface area contributed by atoms with Gasteiger partial charge in [0.25, 0.3) is 0 Å². The van der Waals surface area contributed by atoms with Crippen molar-refractivity contribution >= 4 is 39.1 Å². The highest BCUT2D eigenvalue weighted by molar-refractivity contribution is 7.88. The Kier molecular flexibility index (Phi) is 6.39. The van der Waals surface area contributed by atoms with E-state index in [-0.39, 0.29) is 24.1 Å². The van der Waals surface area contributed by atoms with Gasteiger partial charge in [-0.05, 0) is 48.1 Å². The van der Waals surface area contributed by atoms with Gasteiger partial charge in [-0.3, -0.25) is 4.79 Å². The van der Waals surface area contributed by atoms with Crippen molar-refractivity contribution < 1.29 is 13.2 Å². The molecular weight excluding hydrogens is 443 g/mol. The van der Waals surface area contributed by atoms with Gasteiger partial charge < -0.3 is 4.90 Å². The molecule has 1 amide bonds. The van der Waals surface area contributed by atoms with Gasteiger partial charge in [0.15, 0.2) is 0 Å². The molecule has 1 saturated heterocycles. The van der Waals surface area contributed by atoms with Gasteiger partial charge in [-0.1, -0.05) is 53.5 Å². The molecule has 0 saturated carbocycles. The highest BCUT2D eigenvalue weighted by Gasteiger charge is 2.35. The fourth-order valence-electron chi connectivity index (χ4n) is 4.27. The maximum Gasteiger partial charge on any atom is 0.227 e. The van der Waals surface area contributed by atoms with Crippen molar-refractivity contribution in [3.8, 4) is 0 Å². The van der Waals surface area contributed by atoms with Crippen LogP contribution in [-0.4, -0.2) is 43.2 Å². The van der Waals surface area contributed by atoms with E-state index < -0.39 is 10.0 Å². The molecule has 2 aliphatic heterocycles. The van der Waals surface area contributed by atoms with Crippen LogP contribution in [0.1, 0.15) is 29.5 Å². The highest BCUT2D eigenvalue weighted by atomic mass is 35.5. The number of hydrogen-bond acceptors (Lipinski definition) is 3. The topological polar surface area (TPSA) is 57.7 Å². The molecule has 2 heterocycles. The van der Waals surface area contributed by atoms with Crippen LogP contribution in [0.5, 0.6) is 0 Å². The lowest BCUT2D eigenvalue weighted by Gasteiger charge is -2.36. The first-order chi connectivity index (χ1) is 14.3. The number of sulfonamides is 1. The van der Waals surface area contributed by atoms with Crippen LogP contribution in [0, 0.1) is 5.92 Å². The molecule has 30 heavy (non-hydrogen) atoms. The molecule has 0 aliphatic carbocycles. The summed E-state index contributed by atoms with van der Waals surface area (Å²) in [5.41, 5.74) is 3.05. The monoisotopic (exact) mass is 466 g/mol. The first kappa shape index (κ1) is 21.6. The van der Waals surface area contributed by atoms with E-state index >= 15 is 0 Å². The van der Waals surface area contributed by atoms with E-state index in [0.717, 1.165) is 12.8 Å². The molecule has 0 spiro atoms. The number of benzene rings is 2. The third kappa shape index (κ3) is 4.67. The molecule has 160 valence electrons. The zero-order valence-electron chi connectivity index (χ0n) is 16.6. The molecule has 8 heteroatoms. The number of halogens is 2. The minimum absolute atomic E-state index is 0.0546. The van der Waals surface area contributed by atoms with Gasteiger partial charge in [-0.2, -0.15) is 0 Å². The Bertz CT molecular complexity index is 1060. The average molecular weight is 467 g/mol. The SMILES string of the molecule is O=C([C@H]1CCCN(S(=O)(=O)Cc2ccc(Cl)c(Cl)c2)C1)N1CCc2ccccc2C1. The third-order valence-corrected chi connectivity index (χ3v) is 8.46. The summed E-state index contributed by atoms with van der Waals surface area (Å²) in [5.74, 6) is -0.395. The van der Waals surface area contributed by atoms with Crippen LogP contribution in [-0.2, 0) is 33.5 Å². The maximum atomic E-state index is 13.1. The van der Waals surface area contributed by atoms with Gasteiger partial charge in [-0.15, -0.1) is 0 Å². The summed E-state index contributed by atoms with van der Waals surface area (Å²) in [6.45, 7) is 1.96. The molecule has 0 unspecified atom stereocenters.